The van der Waals surface area contributed by atoms with E-state index in [0.717, 1.165) is 12.0 Å². The zero-order valence-corrected chi connectivity index (χ0v) is 14.0. The number of halogens is 1. The fourth-order valence-corrected chi connectivity index (χ4v) is 3.16. The van der Waals surface area contributed by atoms with Gasteiger partial charge in [-0.2, -0.15) is 4.98 Å². The first-order valence-corrected chi connectivity index (χ1v) is 8.42. The number of fused-ring (bicyclic) bond motifs is 1. The molecule has 2 aromatic rings. The van der Waals surface area contributed by atoms with E-state index in [0.29, 0.717) is 24.0 Å². The highest BCUT2D eigenvalue weighted by Gasteiger charge is 2.30. The number of amides is 2. The Bertz CT molecular complexity index is 814. The van der Waals surface area contributed by atoms with Crippen LogP contribution in [0, 0.1) is 0 Å². The molecule has 0 aliphatic carbocycles. The van der Waals surface area contributed by atoms with Crippen LogP contribution in [0.2, 0.25) is 5.02 Å². The molecule has 1 saturated heterocycles. The minimum Gasteiger partial charge on any atom is -0.368 e. The summed E-state index contributed by atoms with van der Waals surface area (Å²) in [6.07, 6.45) is 1.31. The standard InChI is InChI=1S/C16H16ClN5O3/c17-10-5-3-9(4-6-10)11-8-13(23)18-16-20-15(21-22(11)16)19-14(24)12-2-1-7-25-12/h3-6,11-12H,1-2,7-8H2,(H2,18,19,20,21,23,24)/t11-,12-/m0/s1. The molecule has 130 valence electrons. The molecular formula is C16H16ClN5O3. The monoisotopic (exact) mass is 361 g/mol. The van der Waals surface area contributed by atoms with E-state index in [9.17, 15) is 9.59 Å². The van der Waals surface area contributed by atoms with Crippen LogP contribution in [-0.4, -0.2) is 39.3 Å². The van der Waals surface area contributed by atoms with Crippen molar-refractivity contribution in [2.75, 3.05) is 17.2 Å². The predicted octanol–water partition coefficient (Wildman–Crippen LogP) is 1.98. The highest BCUT2D eigenvalue weighted by molar-refractivity contribution is 6.30. The SMILES string of the molecule is O=C1C[C@@H](c2ccc(Cl)cc2)n2nc(NC(=O)[C@@H]3CCCO3)nc2N1. The van der Waals surface area contributed by atoms with Crippen molar-refractivity contribution < 1.29 is 14.3 Å². The van der Waals surface area contributed by atoms with Crippen molar-refractivity contribution in [1.29, 1.82) is 0 Å². The molecule has 4 rings (SSSR count). The van der Waals surface area contributed by atoms with Crippen LogP contribution >= 0.6 is 11.6 Å². The molecule has 0 radical (unpaired) electrons. The van der Waals surface area contributed by atoms with E-state index in [1.807, 2.05) is 12.1 Å². The van der Waals surface area contributed by atoms with Crippen molar-refractivity contribution in [2.45, 2.75) is 31.4 Å². The second-order valence-electron chi connectivity index (χ2n) is 6.01. The van der Waals surface area contributed by atoms with E-state index >= 15 is 0 Å². The summed E-state index contributed by atoms with van der Waals surface area (Å²) in [4.78, 5) is 28.4. The van der Waals surface area contributed by atoms with Gasteiger partial charge in [-0.15, -0.1) is 5.10 Å². The first kappa shape index (κ1) is 16.0. The molecule has 2 amide bonds. The van der Waals surface area contributed by atoms with Crippen molar-refractivity contribution in [2.24, 2.45) is 0 Å². The Morgan fingerprint density at radius 1 is 1.36 bits per heavy atom. The third kappa shape index (κ3) is 3.22. The molecule has 1 aromatic heterocycles. The fraction of sp³-hybridized carbons (Fsp3) is 0.375. The maximum Gasteiger partial charge on any atom is 0.255 e. The zero-order chi connectivity index (χ0) is 17.4. The summed E-state index contributed by atoms with van der Waals surface area (Å²) in [5.41, 5.74) is 0.891. The molecule has 8 nitrogen and oxygen atoms in total. The number of aromatic nitrogens is 3. The van der Waals surface area contributed by atoms with Gasteiger partial charge in [-0.25, -0.2) is 4.68 Å². The summed E-state index contributed by atoms with van der Waals surface area (Å²) in [5, 5.41) is 10.3. The number of nitrogens with one attached hydrogen (secondary N) is 2. The number of anilines is 2. The molecule has 0 unspecified atom stereocenters. The van der Waals surface area contributed by atoms with Gasteiger partial charge in [0.15, 0.2) is 0 Å². The molecule has 9 heteroatoms. The lowest BCUT2D eigenvalue weighted by Crippen LogP contribution is -2.29. The summed E-state index contributed by atoms with van der Waals surface area (Å²) < 4.78 is 6.96. The molecule has 2 atom stereocenters. The molecule has 0 saturated carbocycles. The lowest BCUT2D eigenvalue weighted by atomic mass is 10.0. The van der Waals surface area contributed by atoms with Gasteiger partial charge in [0.1, 0.15) is 6.10 Å². The number of hydrogen-bond donors (Lipinski definition) is 2. The van der Waals surface area contributed by atoms with E-state index in [1.165, 1.54) is 0 Å². The second kappa shape index (κ2) is 6.45. The number of benzene rings is 1. The minimum absolute atomic E-state index is 0.150. The number of hydrogen-bond acceptors (Lipinski definition) is 5. The third-order valence-corrected chi connectivity index (χ3v) is 4.52. The van der Waals surface area contributed by atoms with E-state index < -0.39 is 6.10 Å². The molecule has 3 heterocycles. The molecule has 25 heavy (non-hydrogen) atoms. The van der Waals surface area contributed by atoms with Crippen LogP contribution in [0.3, 0.4) is 0 Å². The number of nitrogens with zero attached hydrogens (tertiary/aromatic N) is 3. The molecular weight excluding hydrogens is 346 g/mol. The first-order chi connectivity index (χ1) is 12.1. The number of carbonyl (C=O) groups is 2. The maximum atomic E-state index is 12.2. The number of rotatable bonds is 3. The Balaban J connectivity index is 1.60. The number of ether oxygens (including phenoxy) is 1. The quantitative estimate of drug-likeness (QED) is 0.871. The van der Waals surface area contributed by atoms with Gasteiger partial charge in [0, 0.05) is 11.6 Å². The van der Waals surface area contributed by atoms with Gasteiger partial charge in [0.25, 0.3) is 11.9 Å². The first-order valence-electron chi connectivity index (χ1n) is 8.04. The minimum atomic E-state index is -0.470. The van der Waals surface area contributed by atoms with Crippen molar-refractivity contribution in [3.05, 3.63) is 34.9 Å². The van der Waals surface area contributed by atoms with Crippen molar-refractivity contribution >= 4 is 35.3 Å². The van der Waals surface area contributed by atoms with E-state index in [2.05, 4.69) is 20.7 Å². The van der Waals surface area contributed by atoms with Gasteiger partial charge < -0.3 is 4.74 Å². The summed E-state index contributed by atoms with van der Waals surface area (Å²) >= 11 is 5.93. The Hall–Kier alpha value is -2.45. The Morgan fingerprint density at radius 2 is 2.16 bits per heavy atom. The van der Waals surface area contributed by atoms with Gasteiger partial charge in [-0.3, -0.25) is 20.2 Å². The van der Waals surface area contributed by atoms with E-state index in [4.69, 9.17) is 16.3 Å². The Morgan fingerprint density at radius 3 is 2.88 bits per heavy atom. The van der Waals surface area contributed by atoms with Crippen molar-refractivity contribution in [1.82, 2.24) is 14.8 Å². The molecule has 2 aliphatic rings. The summed E-state index contributed by atoms with van der Waals surface area (Å²) in [6.45, 7) is 0.583. The third-order valence-electron chi connectivity index (χ3n) is 4.27. The fourth-order valence-electron chi connectivity index (χ4n) is 3.04. The second-order valence-corrected chi connectivity index (χ2v) is 6.45. The van der Waals surface area contributed by atoms with Crippen LogP contribution in [0.4, 0.5) is 11.9 Å². The van der Waals surface area contributed by atoms with Gasteiger partial charge in [0.05, 0.1) is 12.5 Å². The van der Waals surface area contributed by atoms with Crippen molar-refractivity contribution in [3.8, 4) is 0 Å². The Kier molecular flexibility index (Phi) is 4.14. The van der Waals surface area contributed by atoms with Gasteiger partial charge in [-0.1, -0.05) is 23.7 Å². The maximum absolute atomic E-state index is 12.2. The summed E-state index contributed by atoms with van der Waals surface area (Å²) in [5.74, 6) is 0.0298. The largest absolute Gasteiger partial charge is 0.368 e. The lowest BCUT2D eigenvalue weighted by molar-refractivity contribution is -0.124. The van der Waals surface area contributed by atoms with Gasteiger partial charge >= 0.3 is 0 Å². The van der Waals surface area contributed by atoms with Crippen LogP contribution in [-0.2, 0) is 14.3 Å². The average Bonchev–Trinajstić information content (AvgIpc) is 3.24. The van der Waals surface area contributed by atoms with E-state index in [-0.39, 0.29) is 30.2 Å². The summed E-state index contributed by atoms with van der Waals surface area (Å²) in [7, 11) is 0. The molecule has 2 aliphatic heterocycles. The normalized spacial score (nSPS) is 22.4. The van der Waals surface area contributed by atoms with E-state index in [1.54, 1.807) is 16.8 Å². The highest BCUT2D eigenvalue weighted by atomic mass is 35.5. The van der Waals surface area contributed by atoms with Crippen LogP contribution in [0.15, 0.2) is 24.3 Å². The van der Waals surface area contributed by atoms with Crippen LogP contribution < -0.4 is 10.6 Å². The molecule has 1 fully saturated rings. The average molecular weight is 362 g/mol. The lowest BCUT2D eigenvalue weighted by Gasteiger charge is -2.23. The molecule has 1 aromatic carbocycles. The van der Waals surface area contributed by atoms with Gasteiger partial charge in [-0.05, 0) is 30.5 Å². The van der Waals surface area contributed by atoms with Crippen LogP contribution in [0.5, 0.6) is 0 Å². The van der Waals surface area contributed by atoms with Gasteiger partial charge in [0.2, 0.25) is 11.9 Å². The predicted molar refractivity (Wildman–Crippen MR) is 90.5 cm³/mol. The zero-order valence-electron chi connectivity index (χ0n) is 13.2. The smallest absolute Gasteiger partial charge is 0.255 e. The molecule has 2 N–H and O–H groups in total. The van der Waals surface area contributed by atoms with Crippen molar-refractivity contribution in [3.63, 3.8) is 0 Å². The number of carbonyl (C=O) groups excluding carboxylic acids is 2. The topological polar surface area (TPSA) is 98.1 Å². The molecule has 0 spiro atoms. The van der Waals surface area contributed by atoms with Crippen LogP contribution in [0.25, 0.3) is 0 Å². The molecule has 0 bridgehead atoms. The summed E-state index contributed by atoms with van der Waals surface area (Å²) in [6, 6.07) is 6.92. The van der Waals surface area contributed by atoms with Crippen LogP contribution in [0.1, 0.15) is 30.9 Å². The Labute approximate surface area is 148 Å². The highest BCUT2D eigenvalue weighted by Crippen LogP contribution is 2.30.